The van der Waals surface area contributed by atoms with Gasteiger partial charge in [0.05, 0.1) is 16.2 Å². The SMILES string of the molecule is O=C(N[C@@H]1Cc2ccncc2NC1=O)c1cc2cc(Cl)sc2[nH]1. The summed E-state index contributed by atoms with van der Waals surface area (Å²) in [4.78, 5) is 32.3. The number of nitrogens with zero attached hydrogens (tertiary/aromatic N) is 1. The maximum Gasteiger partial charge on any atom is 0.268 e. The Hall–Kier alpha value is -2.38. The van der Waals surface area contributed by atoms with E-state index in [1.54, 1.807) is 24.5 Å². The zero-order valence-corrected chi connectivity index (χ0v) is 13.3. The number of pyridine rings is 1. The Labute approximate surface area is 139 Å². The number of aromatic amines is 1. The van der Waals surface area contributed by atoms with E-state index in [1.165, 1.54) is 11.3 Å². The molecule has 3 N–H and O–H groups in total. The minimum Gasteiger partial charge on any atom is -0.342 e. The molecule has 0 spiro atoms. The van der Waals surface area contributed by atoms with Gasteiger partial charge in [-0.2, -0.15) is 0 Å². The van der Waals surface area contributed by atoms with E-state index in [0.29, 0.717) is 22.1 Å². The number of thiophene rings is 1. The highest BCUT2D eigenvalue weighted by molar-refractivity contribution is 7.22. The summed E-state index contributed by atoms with van der Waals surface area (Å²) < 4.78 is 0.662. The number of rotatable bonds is 2. The number of amides is 2. The van der Waals surface area contributed by atoms with E-state index >= 15 is 0 Å². The van der Waals surface area contributed by atoms with Crippen molar-refractivity contribution in [2.45, 2.75) is 12.5 Å². The highest BCUT2D eigenvalue weighted by atomic mass is 35.5. The molecule has 1 aliphatic heterocycles. The minimum atomic E-state index is -0.609. The highest BCUT2D eigenvalue weighted by Crippen LogP contribution is 2.29. The number of halogens is 1. The lowest BCUT2D eigenvalue weighted by atomic mass is 10.0. The molecule has 2 amide bonds. The normalized spacial score (nSPS) is 16.9. The number of hydrogen-bond donors (Lipinski definition) is 3. The van der Waals surface area contributed by atoms with Gasteiger partial charge in [-0.25, -0.2) is 0 Å². The second kappa shape index (κ2) is 5.36. The molecular weight excluding hydrogens is 336 g/mol. The van der Waals surface area contributed by atoms with Crippen LogP contribution in [0.25, 0.3) is 10.2 Å². The van der Waals surface area contributed by atoms with Crippen molar-refractivity contribution in [1.82, 2.24) is 15.3 Å². The van der Waals surface area contributed by atoms with Gasteiger partial charge in [0, 0.05) is 18.0 Å². The van der Waals surface area contributed by atoms with Crippen LogP contribution in [0.4, 0.5) is 5.69 Å². The van der Waals surface area contributed by atoms with Gasteiger partial charge >= 0.3 is 0 Å². The molecule has 0 radical (unpaired) electrons. The first kappa shape index (κ1) is 14.2. The molecule has 0 bridgehead atoms. The quantitative estimate of drug-likeness (QED) is 0.666. The van der Waals surface area contributed by atoms with Crippen LogP contribution in [-0.4, -0.2) is 27.8 Å². The number of H-pyrrole nitrogens is 1. The van der Waals surface area contributed by atoms with E-state index in [4.69, 9.17) is 11.6 Å². The van der Waals surface area contributed by atoms with Crippen LogP contribution in [-0.2, 0) is 11.2 Å². The average Bonchev–Trinajstić information content (AvgIpc) is 3.05. The molecule has 4 rings (SSSR count). The van der Waals surface area contributed by atoms with Crippen molar-refractivity contribution in [3.63, 3.8) is 0 Å². The Kier molecular flexibility index (Phi) is 3.32. The topological polar surface area (TPSA) is 86.9 Å². The van der Waals surface area contributed by atoms with Crippen LogP contribution < -0.4 is 10.6 Å². The van der Waals surface area contributed by atoms with Crippen molar-refractivity contribution in [3.8, 4) is 0 Å². The van der Waals surface area contributed by atoms with E-state index in [1.807, 2.05) is 6.07 Å². The van der Waals surface area contributed by atoms with E-state index in [0.717, 1.165) is 15.8 Å². The van der Waals surface area contributed by atoms with Gasteiger partial charge in [-0.1, -0.05) is 11.6 Å². The molecule has 8 heteroatoms. The second-order valence-corrected chi connectivity index (χ2v) is 6.95. The molecule has 3 aromatic heterocycles. The summed E-state index contributed by atoms with van der Waals surface area (Å²) in [5, 5.41) is 6.40. The number of anilines is 1. The first-order chi connectivity index (χ1) is 11.1. The van der Waals surface area contributed by atoms with Gasteiger partial charge in [-0.15, -0.1) is 11.3 Å². The Morgan fingerprint density at radius 2 is 2.30 bits per heavy atom. The molecule has 0 fully saturated rings. The fourth-order valence-electron chi connectivity index (χ4n) is 2.61. The Morgan fingerprint density at radius 3 is 3.13 bits per heavy atom. The van der Waals surface area contributed by atoms with Gasteiger partial charge in [0.2, 0.25) is 5.91 Å². The summed E-state index contributed by atoms with van der Waals surface area (Å²) in [6.45, 7) is 0. The van der Waals surface area contributed by atoms with Gasteiger partial charge in [-0.3, -0.25) is 14.6 Å². The third kappa shape index (κ3) is 2.58. The third-order valence-corrected chi connectivity index (χ3v) is 4.93. The molecule has 1 atom stereocenters. The van der Waals surface area contributed by atoms with Gasteiger partial charge in [0.15, 0.2) is 0 Å². The van der Waals surface area contributed by atoms with Crippen LogP contribution in [0.15, 0.2) is 30.6 Å². The minimum absolute atomic E-state index is 0.240. The lowest BCUT2D eigenvalue weighted by Gasteiger charge is -2.24. The number of carbonyl (C=O) groups is 2. The largest absolute Gasteiger partial charge is 0.342 e. The van der Waals surface area contributed by atoms with Crippen LogP contribution in [0.3, 0.4) is 0 Å². The van der Waals surface area contributed by atoms with Crippen molar-refractivity contribution in [2.75, 3.05) is 5.32 Å². The standard InChI is InChI=1S/C15H11ClN4O2S/c16-12-5-8-4-10(20-15(8)23-12)14(22)18-9-3-7-1-2-17-6-11(7)19-13(9)21/h1-2,4-6,9,20H,3H2,(H,18,22)(H,19,21)/t9-/m1/s1. The van der Waals surface area contributed by atoms with E-state index < -0.39 is 6.04 Å². The first-order valence-corrected chi connectivity index (χ1v) is 8.12. The lowest BCUT2D eigenvalue weighted by Crippen LogP contribution is -2.47. The fraction of sp³-hybridized carbons (Fsp3) is 0.133. The lowest BCUT2D eigenvalue weighted by molar-refractivity contribution is -0.118. The number of aromatic nitrogens is 2. The molecule has 0 unspecified atom stereocenters. The van der Waals surface area contributed by atoms with Gasteiger partial charge < -0.3 is 15.6 Å². The summed E-state index contributed by atoms with van der Waals surface area (Å²) in [5.74, 6) is -0.558. The van der Waals surface area contributed by atoms with Crippen LogP contribution in [0.2, 0.25) is 4.34 Å². The Morgan fingerprint density at radius 1 is 1.43 bits per heavy atom. The van der Waals surface area contributed by atoms with Crippen LogP contribution >= 0.6 is 22.9 Å². The van der Waals surface area contributed by atoms with E-state index in [9.17, 15) is 9.59 Å². The summed E-state index contributed by atoms with van der Waals surface area (Å²) in [6.07, 6.45) is 3.71. The molecule has 0 saturated heterocycles. The van der Waals surface area contributed by atoms with Gasteiger partial charge in [0.1, 0.15) is 16.6 Å². The molecule has 23 heavy (non-hydrogen) atoms. The molecule has 0 aromatic carbocycles. The van der Waals surface area contributed by atoms with Crippen LogP contribution in [0.1, 0.15) is 16.1 Å². The average molecular weight is 347 g/mol. The predicted octanol–water partition coefficient (Wildman–Crippen LogP) is 2.57. The maximum absolute atomic E-state index is 12.4. The summed E-state index contributed by atoms with van der Waals surface area (Å²) >= 11 is 7.29. The second-order valence-electron chi connectivity index (χ2n) is 5.27. The molecule has 6 nitrogen and oxygen atoms in total. The number of hydrogen-bond acceptors (Lipinski definition) is 4. The maximum atomic E-state index is 12.4. The summed E-state index contributed by atoms with van der Waals surface area (Å²) in [7, 11) is 0. The number of nitrogens with one attached hydrogen (secondary N) is 3. The van der Waals surface area contributed by atoms with E-state index in [2.05, 4.69) is 20.6 Å². The molecule has 0 saturated carbocycles. The molecule has 116 valence electrons. The molecule has 4 heterocycles. The van der Waals surface area contributed by atoms with Crippen molar-refractivity contribution in [3.05, 3.63) is 46.2 Å². The molecule has 3 aromatic rings. The molecule has 0 aliphatic carbocycles. The van der Waals surface area contributed by atoms with Crippen LogP contribution in [0, 0.1) is 0 Å². The number of carbonyl (C=O) groups excluding carboxylic acids is 2. The third-order valence-electron chi connectivity index (χ3n) is 3.74. The fourth-order valence-corrected chi connectivity index (χ4v) is 3.74. The zero-order valence-electron chi connectivity index (χ0n) is 11.7. The van der Waals surface area contributed by atoms with Crippen molar-refractivity contribution < 1.29 is 9.59 Å². The van der Waals surface area contributed by atoms with Crippen molar-refractivity contribution in [1.29, 1.82) is 0 Å². The van der Waals surface area contributed by atoms with Gasteiger partial charge in [0.25, 0.3) is 5.91 Å². The van der Waals surface area contributed by atoms with Crippen molar-refractivity contribution in [2.24, 2.45) is 0 Å². The van der Waals surface area contributed by atoms with Crippen LogP contribution in [0.5, 0.6) is 0 Å². The zero-order chi connectivity index (χ0) is 16.0. The molecule has 1 aliphatic rings. The number of fused-ring (bicyclic) bond motifs is 2. The van der Waals surface area contributed by atoms with Crippen molar-refractivity contribution >= 4 is 50.7 Å². The first-order valence-electron chi connectivity index (χ1n) is 6.93. The highest BCUT2D eigenvalue weighted by Gasteiger charge is 2.28. The summed E-state index contributed by atoms with van der Waals surface area (Å²) in [5.41, 5.74) is 2.05. The molecular formula is C15H11ClN4O2S. The van der Waals surface area contributed by atoms with E-state index in [-0.39, 0.29) is 11.8 Å². The smallest absolute Gasteiger partial charge is 0.268 e. The predicted molar refractivity (Wildman–Crippen MR) is 89.0 cm³/mol. The Bertz CT molecular complexity index is 901. The van der Waals surface area contributed by atoms with Gasteiger partial charge in [-0.05, 0) is 23.8 Å². The summed E-state index contributed by atoms with van der Waals surface area (Å²) in [6, 6.07) is 4.75. The monoisotopic (exact) mass is 346 g/mol. The Balaban J connectivity index is 1.54.